The van der Waals surface area contributed by atoms with Crippen molar-refractivity contribution in [2.75, 3.05) is 12.4 Å². The van der Waals surface area contributed by atoms with Gasteiger partial charge in [-0.2, -0.15) is 0 Å². The van der Waals surface area contributed by atoms with Crippen LogP contribution in [-0.4, -0.2) is 7.05 Å². The fourth-order valence-corrected chi connectivity index (χ4v) is 0.907. The molecule has 0 aliphatic rings. The van der Waals surface area contributed by atoms with Gasteiger partial charge in [0.25, 0.3) is 0 Å². The van der Waals surface area contributed by atoms with Crippen molar-refractivity contribution in [1.29, 1.82) is 0 Å². The monoisotopic (exact) mass is 171 g/mol. The van der Waals surface area contributed by atoms with E-state index in [1.165, 1.54) is 11.3 Å². The van der Waals surface area contributed by atoms with Crippen molar-refractivity contribution in [2.45, 2.75) is 13.3 Å². The zero-order valence-electron chi connectivity index (χ0n) is 6.92. The van der Waals surface area contributed by atoms with Crippen molar-refractivity contribution in [2.24, 2.45) is 0 Å². The van der Waals surface area contributed by atoms with Crippen LogP contribution in [0.3, 0.4) is 0 Å². The largest absolute Gasteiger partial charge is 0.388 e. The molecular weight excluding hydrogens is 158 g/mol. The quantitative estimate of drug-likeness (QED) is 0.722. The molecule has 11 heavy (non-hydrogen) atoms. The van der Waals surface area contributed by atoms with Gasteiger partial charge in [-0.3, -0.25) is 0 Å². The SMILES string of the molecule is CCc1ccc(NC)cc1.Cl. The third kappa shape index (κ3) is 2.81. The zero-order valence-corrected chi connectivity index (χ0v) is 7.74. The molecule has 0 bridgehead atoms. The Morgan fingerprint density at radius 3 is 2.09 bits per heavy atom. The summed E-state index contributed by atoms with van der Waals surface area (Å²) in [6.07, 6.45) is 1.12. The van der Waals surface area contributed by atoms with Crippen LogP contribution in [0.2, 0.25) is 0 Å². The maximum Gasteiger partial charge on any atom is 0.0337 e. The van der Waals surface area contributed by atoms with E-state index in [9.17, 15) is 0 Å². The minimum atomic E-state index is 0. The lowest BCUT2D eigenvalue weighted by atomic mass is 10.1. The predicted molar refractivity (Wildman–Crippen MR) is 52.6 cm³/mol. The molecular formula is C9H14ClN. The van der Waals surface area contributed by atoms with E-state index in [-0.39, 0.29) is 12.4 Å². The first kappa shape index (κ1) is 10.3. The highest BCUT2D eigenvalue weighted by Crippen LogP contribution is 2.08. The lowest BCUT2D eigenvalue weighted by Gasteiger charge is -1.99. The van der Waals surface area contributed by atoms with E-state index in [4.69, 9.17) is 0 Å². The van der Waals surface area contributed by atoms with Gasteiger partial charge in [0.05, 0.1) is 0 Å². The first-order chi connectivity index (χ1) is 4.86. The van der Waals surface area contributed by atoms with Gasteiger partial charge in [0.1, 0.15) is 0 Å². The van der Waals surface area contributed by atoms with E-state index in [1.54, 1.807) is 0 Å². The highest BCUT2D eigenvalue weighted by molar-refractivity contribution is 5.85. The second-order valence-electron chi connectivity index (χ2n) is 2.30. The summed E-state index contributed by atoms with van der Waals surface area (Å²) in [5.41, 5.74) is 2.57. The molecule has 0 fully saturated rings. The summed E-state index contributed by atoms with van der Waals surface area (Å²) in [5.74, 6) is 0. The maximum atomic E-state index is 3.08. The summed E-state index contributed by atoms with van der Waals surface area (Å²) in [7, 11) is 1.93. The number of hydrogen-bond donors (Lipinski definition) is 1. The van der Waals surface area contributed by atoms with Crippen LogP contribution >= 0.6 is 12.4 Å². The Hall–Kier alpha value is -0.690. The van der Waals surface area contributed by atoms with Crippen molar-refractivity contribution in [3.05, 3.63) is 29.8 Å². The molecule has 1 nitrogen and oxygen atoms in total. The Balaban J connectivity index is 0.000001000. The first-order valence-electron chi connectivity index (χ1n) is 3.63. The van der Waals surface area contributed by atoms with E-state index in [2.05, 4.69) is 36.5 Å². The second-order valence-corrected chi connectivity index (χ2v) is 2.30. The van der Waals surface area contributed by atoms with Crippen molar-refractivity contribution in [3.63, 3.8) is 0 Å². The topological polar surface area (TPSA) is 12.0 Å². The molecule has 0 saturated heterocycles. The van der Waals surface area contributed by atoms with Gasteiger partial charge in [0.2, 0.25) is 0 Å². The minimum Gasteiger partial charge on any atom is -0.388 e. The van der Waals surface area contributed by atoms with Gasteiger partial charge in [0.15, 0.2) is 0 Å². The number of aryl methyl sites for hydroxylation is 1. The summed E-state index contributed by atoms with van der Waals surface area (Å²) in [4.78, 5) is 0. The fourth-order valence-electron chi connectivity index (χ4n) is 0.907. The van der Waals surface area contributed by atoms with Gasteiger partial charge in [-0.15, -0.1) is 12.4 Å². The molecule has 2 heteroatoms. The number of anilines is 1. The van der Waals surface area contributed by atoms with Crippen LogP contribution in [0.5, 0.6) is 0 Å². The molecule has 0 aromatic heterocycles. The molecule has 0 heterocycles. The van der Waals surface area contributed by atoms with Crippen LogP contribution in [-0.2, 0) is 6.42 Å². The van der Waals surface area contributed by atoms with Gasteiger partial charge in [-0.25, -0.2) is 0 Å². The Kier molecular flexibility index (Phi) is 4.71. The Morgan fingerprint density at radius 2 is 1.73 bits per heavy atom. The molecule has 0 amide bonds. The number of nitrogens with one attached hydrogen (secondary N) is 1. The molecule has 0 aliphatic carbocycles. The van der Waals surface area contributed by atoms with Crippen molar-refractivity contribution >= 4 is 18.1 Å². The van der Waals surface area contributed by atoms with Gasteiger partial charge in [0, 0.05) is 12.7 Å². The van der Waals surface area contributed by atoms with E-state index in [0.717, 1.165) is 6.42 Å². The molecule has 0 radical (unpaired) electrons. The van der Waals surface area contributed by atoms with Crippen molar-refractivity contribution < 1.29 is 0 Å². The van der Waals surface area contributed by atoms with Gasteiger partial charge in [-0.05, 0) is 24.1 Å². The number of halogens is 1. The summed E-state index contributed by atoms with van der Waals surface area (Å²) >= 11 is 0. The summed E-state index contributed by atoms with van der Waals surface area (Å²) in [5, 5.41) is 3.08. The average molecular weight is 172 g/mol. The minimum absolute atomic E-state index is 0. The molecule has 1 rings (SSSR count). The highest BCUT2D eigenvalue weighted by atomic mass is 35.5. The summed E-state index contributed by atoms with van der Waals surface area (Å²) in [6.45, 7) is 2.16. The lowest BCUT2D eigenvalue weighted by molar-refractivity contribution is 1.14. The van der Waals surface area contributed by atoms with E-state index >= 15 is 0 Å². The van der Waals surface area contributed by atoms with Crippen LogP contribution in [0.4, 0.5) is 5.69 Å². The predicted octanol–water partition coefficient (Wildman–Crippen LogP) is 2.71. The Bertz CT molecular complexity index is 170. The second kappa shape index (κ2) is 5.03. The van der Waals surface area contributed by atoms with E-state index in [1.807, 2.05) is 7.05 Å². The van der Waals surface area contributed by atoms with Gasteiger partial charge >= 0.3 is 0 Å². The Labute approximate surface area is 74.2 Å². The lowest BCUT2D eigenvalue weighted by Crippen LogP contribution is -1.87. The molecule has 0 atom stereocenters. The molecule has 62 valence electrons. The van der Waals surface area contributed by atoms with Crippen LogP contribution in [0.25, 0.3) is 0 Å². The number of benzene rings is 1. The van der Waals surface area contributed by atoms with Crippen LogP contribution in [0.1, 0.15) is 12.5 Å². The number of hydrogen-bond acceptors (Lipinski definition) is 1. The van der Waals surface area contributed by atoms with Crippen molar-refractivity contribution in [1.82, 2.24) is 0 Å². The molecule has 1 aromatic carbocycles. The third-order valence-electron chi connectivity index (χ3n) is 1.65. The first-order valence-corrected chi connectivity index (χ1v) is 3.63. The molecule has 0 spiro atoms. The van der Waals surface area contributed by atoms with E-state index < -0.39 is 0 Å². The standard InChI is InChI=1S/C9H13N.ClH/c1-3-8-4-6-9(10-2)7-5-8;/h4-7,10H,3H2,1-2H3;1H. The van der Waals surface area contributed by atoms with Gasteiger partial charge in [-0.1, -0.05) is 19.1 Å². The van der Waals surface area contributed by atoms with Crippen LogP contribution in [0, 0.1) is 0 Å². The molecule has 1 N–H and O–H groups in total. The smallest absolute Gasteiger partial charge is 0.0337 e. The van der Waals surface area contributed by atoms with Crippen LogP contribution < -0.4 is 5.32 Å². The average Bonchev–Trinajstić information content (AvgIpc) is 2.05. The molecule has 0 saturated carbocycles. The number of rotatable bonds is 2. The highest BCUT2D eigenvalue weighted by Gasteiger charge is 1.87. The molecule has 0 aliphatic heterocycles. The normalized spacial score (nSPS) is 8.55. The molecule has 0 unspecified atom stereocenters. The zero-order chi connectivity index (χ0) is 7.40. The van der Waals surface area contributed by atoms with Crippen LogP contribution in [0.15, 0.2) is 24.3 Å². The molecule has 1 aromatic rings. The van der Waals surface area contributed by atoms with Gasteiger partial charge < -0.3 is 5.32 Å². The Morgan fingerprint density at radius 1 is 1.18 bits per heavy atom. The maximum absolute atomic E-state index is 3.08. The summed E-state index contributed by atoms with van der Waals surface area (Å²) < 4.78 is 0. The fraction of sp³-hybridized carbons (Fsp3) is 0.333. The summed E-state index contributed by atoms with van der Waals surface area (Å²) in [6, 6.07) is 8.48. The van der Waals surface area contributed by atoms with E-state index in [0.29, 0.717) is 0 Å². The third-order valence-corrected chi connectivity index (χ3v) is 1.65. The van der Waals surface area contributed by atoms with Crippen molar-refractivity contribution in [3.8, 4) is 0 Å².